The van der Waals surface area contributed by atoms with Crippen LogP contribution in [0, 0.1) is 2.88 Å². The van der Waals surface area contributed by atoms with Gasteiger partial charge in [-0.2, -0.15) is 0 Å². The predicted molar refractivity (Wildman–Crippen MR) is 75.0 cm³/mol. The average molecular weight is 351 g/mol. The van der Waals surface area contributed by atoms with Gasteiger partial charge >= 0.3 is 0 Å². The molecule has 0 aromatic carbocycles. The number of hydrogen-bond donors (Lipinski definition) is 1. The molecule has 1 rings (SSSR count). The molecule has 0 saturated carbocycles. The van der Waals surface area contributed by atoms with Crippen molar-refractivity contribution in [1.29, 1.82) is 0 Å². The second kappa shape index (κ2) is 7.81. The van der Waals surface area contributed by atoms with E-state index < -0.39 is 0 Å². The quantitative estimate of drug-likeness (QED) is 0.466. The highest BCUT2D eigenvalue weighted by molar-refractivity contribution is 14.1. The fourth-order valence-corrected chi connectivity index (χ4v) is 2.36. The second-order valence-electron chi connectivity index (χ2n) is 3.09. The zero-order valence-corrected chi connectivity index (χ0v) is 11.8. The van der Waals surface area contributed by atoms with Crippen LogP contribution in [-0.2, 0) is 4.74 Å². The number of halogens is 1. The van der Waals surface area contributed by atoms with Gasteiger partial charge in [0.25, 0.3) is 5.91 Å². The van der Waals surface area contributed by atoms with Crippen molar-refractivity contribution in [3.63, 3.8) is 0 Å². The van der Waals surface area contributed by atoms with E-state index in [0.717, 1.165) is 14.9 Å². The first-order chi connectivity index (χ1) is 7.74. The van der Waals surface area contributed by atoms with Crippen molar-refractivity contribution in [2.75, 3.05) is 19.8 Å². The molecule has 0 saturated heterocycles. The summed E-state index contributed by atoms with van der Waals surface area (Å²) in [5.41, 5.74) is 0.723. The molecule has 1 aromatic rings. The highest BCUT2D eigenvalue weighted by Gasteiger charge is 2.06. The lowest BCUT2D eigenvalue weighted by Gasteiger charge is -2.04. The molecule has 0 bridgehead atoms. The number of carbonyl (C=O) groups is 1. The molecule has 0 atom stereocenters. The number of hydrogen-bond acceptors (Lipinski definition) is 3. The molecule has 16 heavy (non-hydrogen) atoms. The molecule has 3 nitrogen and oxygen atoms in total. The average Bonchev–Trinajstić information content (AvgIpc) is 2.70. The standard InChI is InChI=1S/C11H14INO2S/c1-2-3-5-15-6-4-13-11(14)9-7-10(12)16-8-9/h2,7-8H,1,3-6H2,(H,13,14). The Morgan fingerprint density at radius 3 is 3.06 bits per heavy atom. The maximum Gasteiger partial charge on any atom is 0.252 e. The molecule has 0 spiro atoms. The fraction of sp³-hybridized carbons (Fsp3) is 0.364. The van der Waals surface area contributed by atoms with E-state index in [1.165, 1.54) is 0 Å². The molecule has 0 radical (unpaired) electrons. The monoisotopic (exact) mass is 351 g/mol. The summed E-state index contributed by atoms with van der Waals surface area (Å²) in [7, 11) is 0. The molecular weight excluding hydrogens is 337 g/mol. The molecule has 0 aliphatic rings. The van der Waals surface area contributed by atoms with Crippen molar-refractivity contribution in [2.45, 2.75) is 6.42 Å². The van der Waals surface area contributed by atoms with E-state index >= 15 is 0 Å². The van der Waals surface area contributed by atoms with Crippen LogP contribution in [0.15, 0.2) is 24.1 Å². The summed E-state index contributed by atoms with van der Waals surface area (Å²) in [4.78, 5) is 11.6. The highest BCUT2D eigenvalue weighted by Crippen LogP contribution is 2.16. The van der Waals surface area contributed by atoms with Crippen molar-refractivity contribution < 1.29 is 9.53 Å². The second-order valence-corrected chi connectivity index (χ2v) is 5.89. The lowest BCUT2D eigenvalue weighted by atomic mass is 10.3. The van der Waals surface area contributed by atoms with E-state index in [4.69, 9.17) is 4.74 Å². The minimum Gasteiger partial charge on any atom is -0.379 e. The Morgan fingerprint density at radius 2 is 2.44 bits per heavy atom. The first kappa shape index (κ1) is 13.7. The molecule has 0 fully saturated rings. The maximum atomic E-state index is 11.6. The minimum atomic E-state index is -0.0357. The van der Waals surface area contributed by atoms with Crippen molar-refractivity contribution in [3.8, 4) is 0 Å². The summed E-state index contributed by atoms with van der Waals surface area (Å²) in [6.45, 7) is 5.35. The largest absolute Gasteiger partial charge is 0.379 e. The fourth-order valence-electron chi connectivity index (χ4n) is 1.04. The van der Waals surface area contributed by atoms with Crippen molar-refractivity contribution >= 4 is 39.8 Å². The first-order valence-electron chi connectivity index (χ1n) is 4.95. The van der Waals surface area contributed by atoms with Gasteiger partial charge in [-0.1, -0.05) is 6.08 Å². The van der Waals surface area contributed by atoms with Gasteiger partial charge < -0.3 is 10.1 Å². The van der Waals surface area contributed by atoms with Crippen LogP contribution in [0.1, 0.15) is 16.8 Å². The Balaban J connectivity index is 2.13. The van der Waals surface area contributed by atoms with Crippen molar-refractivity contribution in [1.82, 2.24) is 5.32 Å². The summed E-state index contributed by atoms with van der Waals surface area (Å²) >= 11 is 3.77. The Labute approximate surface area is 113 Å². The maximum absolute atomic E-state index is 11.6. The van der Waals surface area contributed by atoms with Crippen LogP contribution in [-0.4, -0.2) is 25.7 Å². The zero-order chi connectivity index (χ0) is 11.8. The van der Waals surface area contributed by atoms with Gasteiger partial charge in [-0.3, -0.25) is 4.79 Å². The Bertz CT molecular complexity index is 352. The summed E-state index contributed by atoms with van der Waals surface area (Å²) < 4.78 is 6.40. The number of amides is 1. The van der Waals surface area contributed by atoms with E-state index in [9.17, 15) is 4.79 Å². The first-order valence-corrected chi connectivity index (χ1v) is 6.90. The van der Waals surface area contributed by atoms with Crippen LogP contribution in [0.25, 0.3) is 0 Å². The zero-order valence-electron chi connectivity index (χ0n) is 8.87. The summed E-state index contributed by atoms with van der Waals surface area (Å²) in [6.07, 6.45) is 2.66. The van der Waals surface area contributed by atoms with Gasteiger partial charge in [0.1, 0.15) is 0 Å². The topological polar surface area (TPSA) is 38.3 Å². The Morgan fingerprint density at radius 1 is 1.62 bits per heavy atom. The molecular formula is C11H14INO2S. The summed E-state index contributed by atoms with van der Waals surface area (Å²) in [5, 5.41) is 4.66. The van der Waals surface area contributed by atoms with Gasteiger partial charge in [0, 0.05) is 11.9 Å². The van der Waals surface area contributed by atoms with Crippen LogP contribution in [0.3, 0.4) is 0 Å². The van der Waals surface area contributed by atoms with E-state index in [1.807, 2.05) is 17.5 Å². The van der Waals surface area contributed by atoms with Gasteiger partial charge in [0.2, 0.25) is 0 Å². The van der Waals surface area contributed by atoms with Crippen molar-refractivity contribution in [2.24, 2.45) is 0 Å². The SMILES string of the molecule is C=CCCOCCNC(=O)c1csc(I)c1. The number of carbonyl (C=O) groups excluding carboxylic acids is 1. The molecule has 0 unspecified atom stereocenters. The highest BCUT2D eigenvalue weighted by atomic mass is 127. The van der Waals surface area contributed by atoms with Crippen LogP contribution >= 0.6 is 33.9 Å². The molecule has 0 aliphatic heterocycles. The van der Waals surface area contributed by atoms with E-state index in [-0.39, 0.29) is 5.91 Å². The van der Waals surface area contributed by atoms with E-state index in [0.29, 0.717) is 19.8 Å². The molecule has 5 heteroatoms. The minimum absolute atomic E-state index is 0.0357. The molecule has 1 heterocycles. The van der Waals surface area contributed by atoms with E-state index in [2.05, 4.69) is 34.5 Å². The third kappa shape index (κ3) is 5.09. The van der Waals surface area contributed by atoms with Gasteiger partial charge in [-0.25, -0.2) is 0 Å². The third-order valence-corrected chi connectivity index (χ3v) is 3.62. The molecule has 88 valence electrons. The predicted octanol–water partition coefficient (Wildman–Crippen LogP) is 2.68. The van der Waals surface area contributed by atoms with Crippen LogP contribution < -0.4 is 5.32 Å². The third-order valence-electron chi connectivity index (χ3n) is 1.83. The smallest absolute Gasteiger partial charge is 0.252 e. The molecule has 1 aromatic heterocycles. The summed E-state index contributed by atoms with van der Waals surface area (Å²) in [6, 6.07) is 1.87. The number of rotatable bonds is 7. The van der Waals surface area contributed by atoms with Gasteiger partial charge in [0.05, 0.1) is 21.7 Å². The number of ether oxygens (including phenoxy) is 1. The van der Waals surface area contributed by atoms with Crippen molar-refractivity contribution in [3.05, 3.63) is 32.5 Å². The van der Waals surface area contributed by atoms with E-state index in [1.54, 1.807) is 11.3 Å². The van der Waals surface area contributed by atoms with Gasteiger partial charge in [0.15, 0.2) is 0 Å². The summed E-state index contributed by atoms with van der Waals surface area (Å²) in [5.74, 6) is -0.0357. The lowest BCUT2D eigenvalue weighted by Crippen LogP contribution is -2.26. The van der Waals surface area contributed by atoms with Crippen LogP contribution in [0.4, 0.5) is 0 Å². The van der Waals surface area contributed by atoms with Gasteiger partial charge in [-0.05, 0) is 35.1 Å². The molecule has 0 aliphatic carbocycles. The molecule has 1 N–H and O–H groups in total. The van der Waals surface area contributed by atoms with Crippen LogP contribution in [0.5, 0.6) is 0 Å². The van der Waals surface area contributed by atoms with Gasteiger partial charge in [-0.15, -0.1) is 17.9 Å². The molecule has 1 amide bonds. The van der Waals surface area contributed by atoms with Crippen LogP contribution in [0.2, 0.25) is 0 Å². The Hall–Kier alpha value is -0.400. The lowest BCUT2D eigenvalue weighted by molar-refractivity contribution is 0.0918. The Kier molecular flexibility index (Phi) is 6.67. The normalized spacial score (nSPS) is 10.1. The number of thiophene rings is 1. The number of nitrogens with one attached hydrogen (secondary N) is 1.